The van der Waals surface area contributed by atoms with Gasteiger partial charge in [0.25, 0.3) is 0 Å². The quantitative estimate of drug-likeness (QED) is 0.841. The fourth-order valence-electron chi connectivity index (χ4n) is 1.40. The molecule has 14 heavy (non-hydrogen) atoms. The van der Waals surface area contributed by atoms with Gasteiger partial charge in [-0.15, -0.1) is 0 Å². The number of aryl methyl sites for hydroxylation is 1. The van der Waals surface area contributed by atoms with Crippen molar-refractivity contribution >= 4 is 17.2 Å². The number of hydrogen-bond donors (Lipinski definition) is 1. The van der Waals surface area contributed by atoms with E-state index in [-0.39, 0.29) is 6.61 Å². The van der Waals surface area contributed by atoms with Crippen molar-refractivity contribution in [2.45, 2.75) is 12.8 Å². The average Bonchev–Trinajstić information content (AvgIpc) is 2.56. The zero-order valence-electron chi connectivity index (χ0n) is 7.65. The molecule has 0 unspecified atom stereocenters. The summed E-state index contributed by atoms with van der Waals surface area (Å²) in [6.45, 7) is 0.203. The van der Waals surface area contributed by atoms with Gasteiger partial charge in [-0.05, 0) is 25.0 Å². The normalized spacial score (nSPS) is 11.0. The molecular weight excluding hydrogens is 200 g/mol. The van der Waals surface area contributed by atoms with E-state index in [0.29, 0.717) is 5.02 Å². The number of aliphatic hydroxyl groups is 1. The molecule has 2 aromatic rings. The molecule has 4 heteroatoms. The molecule has 2 aromatic heterocycles. The number of pyridine rings is 1. The number of nitrogens with zero attached hydrogens (tertiary/aromatic N) is 2. The number of aromatic nitrogens is 2. The van der Waals surface area contributed by atoms with Gasteiger partial charge in [0.2, 0.25) is 0 Å². The summed E-state index contributed by atoms with van der Waals surface area (Å²) >= 11 is 5.84. The van der Waals surface area contributed by atoms with Crippen LogP contribution in [0.4, 0.5) is 0 Å². The Kier molecular flexibility index (Phi) is 2.70. The summed E-state index contributed by atoms with van der Waals surface area (Å²) in [5, 5.41) is 9.39. The summed E-state index contributed by atoms with van der Waals surface area (Å²) < 4.78 is 1.90. The Morgan fingerprint density at radius 1 is 1.36 bits per heavy atom. The first-order chi connectivity index (χ1) is 6.79. The van der Waals surface area contributed by atoms with E-state index in [4.69, 9.17) is 16.7 Å². The lowest BCUT2D eigenvalue weighted by molar-refractivity contribution is 0.288. The highest BCUT2D eigenvalue weighted by Gasteiger charge is 2.00. The first-order valence-electron chi connectivity index (χ1n) is 4.53. The van der Waals surface area contributed by atoms with E-state index in [2.05, 4.69) is 4.98 Å². The van der Waals surface area contributed by atoms with Crippen molar-refractivity contribution in [2.24, 2.45) is 0 Å². The van der Waals surface area contributed by atoms with Crippen molar-refractivity contribution in [3.05, 3.63) is 35.2 Å². The van der Waals surface area contributed by atoms with Crippen LogP contribution >= 0.6 is 11.6 Å². The topological polar surface area (TPSA) is 37.5 Å². The van der Waals surface area contributed by atoms with E-state index >= 15 is 0 Å². The minimum Gasteiger partial charge on any atom is -0.396 e. The molecule has 0 bridgehead atoms. The number of fused-ring (bicyclic) bond motifs is 1. The third kappa shape index (κ3) is 1.89. The van der Waals surface area contributed by atoms with Crippen LogP contribution in [0.5, 0.6) is 0 Å². The lowest BCUT2D eigenvalue weighted by Gasteiger charge is -1.91. The van der Waals surface area contributed by atoms with Crippen LogP contribution in [-0.2, 0) is 6.42 Å². The maximum Gasteiger partial charge on any atom is 0.137 e. The zero-order chi connectivity index (χ0) is 9.97. The van der Waals surface area contributed by atoms with Gasteiger partial charge < -0.3 is 9.51 Å². The molecule has 0 radical (unpaired) electrons. The number of hydrogen-bond acceptors (Lipinski definition) is 2. The first-order valence-corrected chi connectivity index (χ1v) is 4.91. The summed E-state index contributed by atoms with van der Waals surface area (Å²) in [6.07, 6.45) is 5.32. The Bertz CT molecular complexity index is 439. The smallest absolute Gasteiger partial charge is 0.137 e. The Morgan fingerprint density at radius 2 is 2.21 bits per heavy atom. The zero-order valence-corrected chi connectivity index (χ0v) is 8.41. The van der Waals surface area contributed by atoms with E-state index in [9.17, 15) is 0 Å². The maximum absolute atomic E-state index is 8.69. The Balaban J connectivity index is 2.32. The molecule has 0 atom stereocenters. The molecule has 0 saturated carbocycles. The van der Waals surface area contributed by atoms with E-state index in [1.807, 2.05) is 28.9 Å². The van der Waals surface area contributed by atoms with Crippen LogP contribution < -0.4 is 0 Å². The largest absolute Gasteiger partial charge is 0.396 e. The molecule has 0 aliphatic heterocycles. The Hall–Kier alpha value is -1.06. The number of aliphatic hydroxyl groups excluding tert-OH is 1. The number of halogens is 1. The fourth-order valence-corrected chi connectivity index (χ4v) is 1.57. The van der Waals surface area contributed by atoms with Gasteiger partial charge in [0, 0.05) is 19.0 Å². The molecule has 2 rings (SSSR count). The van der Waals surface area contributed by atoms with Crippen LogP contribution in [0.25, 0.3) is 5.65 Å². The van der Waals surface area contributed by atoms with Gasteiger partial charge >= 0.3 is 0 Å². The highest BCUT2D eigenvalue weighted by Crippen LogP contribution is 2.12. The molecule has 0 aliphatic carbocycles. The second kappa shape index (κ2) is 3.98. The minimum absolute atomic E-state index is 0.203. The van der Waals surface area contributed by atoms with Crippen molar-refractivity contribution in [1.29, 1.82) is 0 Å². The van der Waals surface area contributed by atoms with Crippen molar-refractivity contribution in [1.82, 2.24) is 9.38 Å². The predicted molar refractivity (Wildman–Crippen MR) is 55.6 cm³/mol. The molecule has 0 spiro atoms. The van der Waals surface area contributed by atoms with Crippen LogP contribution in [0.2, 0.25) is 5.02 Å². The van der Waals surface area contributed by atoms with Gasteiger partial charge in [-0.2, -0.15) is 0 Å². The minimum atomic E-state index is 0.203. The van der Waals surface area contributed by atoms with E-state index in [1.165, 1.54) is 0 Å². The van der Waals surface area contributed by atoms with Gasteiger partial charge in [-0.25, -0.2) is 4.98 Å². The van der Waals surface area contributed by atoms with Crippen LogP contribution in [0.1, 0.15) is 12.1 Å². The predicted octanol–water partition coefficient (Wildman–Crippen LogP) is 1.91. The fraction of sp³-hybridized carbons (Fsp3) is 0.300. The summed E-state index contributed by atoms with van der Waals surface area (Å²) in [6, 6.07) is 3.70. The SMILES string of the molecule is OCCCc1cn2cc(Cl)ccc2n1. The molecule has 0 saturated heterocycles. The molecule has 0 aromatic carbocycles. The summed E-state index contributed by atoms with van der Waals surface area (Å²) in [4.78, 5) is 4.38. The van der Waals surface area contributed by atoms with Gasteiger partial charge in [0.1, 0.15) is 5.65 Å². The lowest BCUT2D eigenvalue weighted by Crippen LogP contribution is -1.88. The Labute approximate surface area is 87.0 Å². The second-order valence-electron chi connectivity index (χ2n) is 3.17. The number of rotatable bonds is 3. The summed E-state index contributed by atoms with van der Waals surface area (Å²) in [5.74, 6) is 0. The lowest BCUT2D eigenvalue weighted by atomic mass is 10.3. The summed E-state index contributed by atoms with van der Waals surface area (Å²) in [5.41, 5.74) is 1.88. The highest BCUT2D eigenvalue weighted by molar-refractivity contribution is 6.30. The molecule has 3 nitrogen and oxygen atoms in total. The monoisotopic (exact) mass is 210 g/mol. The standard InChI is InChI=1S/C10H11ClN2O/c11-8-3-4-10-12-9(2-1-5-14)7-13(10)6-8/h3-4,6-7,14H,1-2,5H2. The van der Waals surface area contributed by atoms with E-state index < -0.39 is 0 Å². The molecular formula is C10H11ClN2O. The molecule has 2 heterocycles. The molecule has 74 valence electrons. The maximum atomic E-state index is 8.69. The van der Waals surface area contributed by atoms with Crippen LogP contribution in [0.15, 0.2) is 24.5 Å². The van der Waals surface area contributed by atoms with Crippen LogP contribution in [0, 0.1) is 0 Å². The third-order valence-electron chi connectivity index (χ3n) is 2.06. The molecule has 1 N–H and O–H groups in total. The Morgan fingerprint density at radius 3 is 3.00 bits per heavy atom. The molecule has 0 amide bonds. The van der Waals surface area contributed by atoms with Crippen molar-refractivity contribution < 1.29 is 5.11 Å². The van der Waals surface area contributed by atoms with E-state index in [0.717, 1.165) is 24.2 Å². The summed E-state index contributed by atoms with van der Waals surface area (Å²) in [7, 11) is 0. The van der Waals surface area contributed by atoms with Gasteiger partial charge in [-0.1, -0.05) is 11.6 Å². The highest BCUT2D eigenvalue weighted by atomic mass is 35.5. The van der Waals surface area contributed by atoms with Crippen molar-refractivity contribution in [3.8, 4) is 0 Å². The van der Waals surface area contributed by atoms with Gasteiger partial charge in [-0.3, -0.25) is 0 Å². The first kappa shape index (κ1) is 9.49. The van der Waals surface area contributed by atoms with E-state index in [1.54, 1.807) is 0 Å². The van der Waals surface area contributed by atoms with Crippen LogP contribution in [-0.4, -0.2) is 21.1 Å². The van der Waals surface area contributed by atoms with Crippen molar-refractivity contribution in [3.63, 3.8) is 0 Å². The molecule has 0 fully saturated rings. The van der Waals surface area contributed by atoms with Gasteiger partial charge in [0.15, 0.2) is 0 Å². The van der Waals surface area contributed by atoms with Crippen molar-refractivity contribution in [2.75, 3.05) is 6.61 Å². The van der Waals surface area contributed by atoms with Gasteiger partial charge in [0.05, 0.1) is 10.7 Å². The number of imidazole rings is 1. The van der Waals surface area contributed by atoms with Crippen LogP contribution in [0.3, 0.4) is 0 Å². The third-order valence-corrected chi connectivity index (χ3v) is 2.28. The second-order valence-corrected chi connectivity index (χ2v) is 3.61. The average molecular weight is 211 g/mol. The molecule has 0 aliphatic rings.